The van der Waals surface area contributed by atoms with Crippen LogP contribution < -0.4 is 5.32 Å². The van der Waals surface area contributed by atoms with Gasteiger partial charge in [-0.25, -0.2) is 8.42 Å². The van der Waals surface area contributed by atoms with Crippen LogP contribution >= 0.6 is 0 Å². The summed E-state index contributed by atoms with van der Waals surface area (Å²) in [6, 6.07) is 8.35. The third kappa shape index (κ3) is 3.80. The van der Waals surface area contributed by atoms with E-state index in [2.05, 4.69) is 5.32 Å². The van der Waals surface area contributed by atoms with Gasteiger partial charge in [-0.2, -0.15) is 9.57 Å². The Morgan fingerprint density at radius 3 is 2.95 bits per heavy atom. The van der Waals surface area contributed by atoms with Gasteiger partial charge in [0.05, 0.1) is 17.9 Å². The highest BCUT2D eigenvalue weighted by Gasteiger charge is 2.36. The number of carbonyl (C=O) groups excluding carboxylic acids is 1. The van der Waals surface area contributed by atoms with Gasteiger partial charge in [0, 0.05) is 13.1 Å². The van der Waals surface area contributed by atoms with Gasteiger partial charge in [0.1, 0.15) is 6.04 Å². The van der Waals surface area contributed by atoms with E-state index in [1.807, 2.05) is 12.1 Å². The summed E-state index contributed by atoms with van der Waals surface area (Å²) in [6.45, 7) is 0.670. The molecule has 1 amide bonds. The first-order chi connectivity index (χ1) is 9.91. The molecule has 2 rings (SSSR count). The Balaban J connectivity index is 2.00. The van der Waals surface area contributed by atoms with E-state index in [1.54, 1.807) is 18.2 Å². The summed E-state index contributed by atoms with van der Waals surface area (Å²) in [5.41, 5.74) is 1.34. The average Bonchev–Trinajstić information content (AvgIpc) is 2.94. The maximum atomic E-state index is 12.1. The van der Waals surface area contributed by atoms with Crippen molar-refractivity contribution in [3.63, 3.8) is 0 Å². The van der Waals surface area contributed by atoms with Crippen molar-refractivity contribution in [1.82, 2.24) is 9.62 Å². The molecule has 1 aromatic carbocycles. The molecule has 1 saturated heterocycles. The zero-order valence-electron chi connectivity index (χ0n) is 11.7. The van der Waals surface area contributed by atoms with Gasteiger partial charge in [0.2, 0.25) is 15.9 Å². The van der Waals surface area contributed by atoms with E-state index < -0.39 is 16.1 Å². The van der Waals surface area contributed by atoms with Gasteiger partial charge in [0.15, 0.2) is 0 Å². The molecule has 1 aliphatic rings. The molecule has 0 bridgehead atoms. The van der Waals surface area contributed by atoms with Gasteiger partial charge < -0.3 is 5.32 Å². The van der Waals surface area contributed by atoms with E-state index in [1.165, 1.54) is 4.31 Å². The van der Waals surface area contributed by atoms with Crippen LogP contribution in [0.1, 0.15) is 24.0 Å². The fourth-order valence-electron chi connectivity index (χ4n) is 2.46. The largest absolute Gasteiger partial charge is 0.351 e. The quantitative estimate of drug-likeness (QED) is 0.882. The SMILES string of the molecule is CS(=O)(=O)N1CCCC1C(=O)NCc1cccc(C#N)c1. The minimum Gasteiger partial charge on any atom is -0.351 e. The number of amides is 1. The smallest absolute Gasteiger partial charge is 0.238 e. The average molecular weight is 307 g/mol. The van der Waals surface area contributed by atoms with Crippen molar-refractivity contribution >= 4 is 15.9 Å². The lowest BCUT2D eigenvalue weighted by molar-refractivity contribution is -0.124. The molecule has 1 aliphatic heterocycles. The molecule has 0 aromatic heterocycles. The summed E-state index contributed by atoms with van der Waals surface area (Å²) < 4.78 is 24.5. The van der Waals surface area contributed by atoms with Crippen molar-refractivity contribution in [3.8, 4) is 6.07 Å². The Labute approximate surface area is 124 Å². The monoisotopic (exact) mass is 307 g/mol. The van der Waals surface area contributed by atoms with E-state index in [9.17, 15) is 13.2 Å². The second-order valence-corrected chi connectivity index (χ2v) is 7.00. The van der Waals surface area contributed by atoms with Crippen LogP contribution in [0.4, 0.5) is 0 Å². The van der Waals surface area contributed by atoms with Gasteiger partial charge >= 0.3 is 0 Å². The molecule has 1 unspecified atom stereocenters. The van der Waals surface area contributed by atoms with E-state index >= 15 is 0 Å². The lowest BCUT2D eigenvalue weighted by Gasteiger charge is -2.21. The zero-order chi connectivity index (χ0) is 15.5. The summed E-state index contributed by atoms with van der Waals surface area (Å²) in [6.07, 6.45) is 2.35. The predicted octanol–water partition coefficient (Wildman–Crippen LogP) is 0.598. The van der Waals surface area contributed by atoms with E-state index in [4.69, 9.17) is 5.26 Å². The van der Waals surface area contributed by atoms with Crippen molar-refractivity contribution < 1.29 is 13.2 Å². The zero-order valence-corrected chi connectivity index (χ0v) is 12.6. The molecule has 0 aliphatic carbocycles. The fourth-order valence-corrected chi connectivity index (χ4v) is 3.58. The number of sulfonamides is 1. The molecular formula is C14H17N3O3S. The van der Waals surface area contributed by atoms with Crippen molar-refractivity contribution in [3.05, 3.63) is 35.4 Å². The molecule has 1 atom stereocenters. The van der Waals surface area contributed by atoms with E-state index in [-0.39, 0.29) is 12.5 Å². The lowest BCUT2D eigenvalue weighted by Crippen LogP contribution is -2.45. The molecule has 21 heavy (non-hydrogen) atoms. The molecule has 112 valence electrons. The Morgan fingerprint density at radius 1 is 1.52 bits per heavy atom. The first kappa shape index (κ1) is 15.5. The molecule has 1 N–H and O–H groups in total. The summed E-state index contributed by atoms with van der Waals surface area (Å²) in [4.78, 5) is 12.1. The summed E-state index contributed by atoms with van der Waals surface area (Å²) >= 11 is 0. The third-order valence-electron chi connectivity index (χ3n) is 3.46. The highest BCUT2D eigenvalue weighted by Crippen LogP contribution is 2.20. The molecule has 1 fully saturated rings. The van der Waals surface area contributed by atoms with Gasteiger partial charge in [0.25, 0.3) is 0 Å². The van der Waals surface area contributed by atoms with Gasteiger partial charge in [-0.05, 0) is 30.5 Å². The first-order valence-corrected chi connectivity index (χ1v) is 8.50. The molecule has 7 heteroatoms. The molecule has 1 aromatic rings. The Morgan fingerprint density at radius 2 is 2.29 bits per heavy atom. The molecule has 0 radical (unpaired) electrons. The number of hydrogen-bond donors (Lipinski definition) is 1. The van der Waals surface area contributed by atoms with Gasteiger partial charge in [-0.1, -0.05) is 12.1 Å². The maximum absolute atomic E-state index is 12.1. The number of rotatable bonds is 4. The number of nitrogens with zero attached hydrogens (tertiary/aromatic N) is 2. The molecule has 0 saturated carbocycles. The van der Waals surface area contributed by atoms with Crippen LogP contribution in [0.15, 0.2) is 24.3 Å². The summed E-state index contributed by atoms with van der Waals surface area (Å²) in [5, 5.41) is 11.6. The van der Waals surface area contributed by atoms with Crippen LogP contribution in [0.5, 0.6) is 0 Å². The van der Waals surface area contributed by atoms with Crippen molar-refractivity contribution in [2.45, 2.75) is 25.4 Å². The van der Waals surface area contributed by atoms with Crippen molar-refractivity contribution in [2.75, 3.05) is 12.8 Å². The van der Waals surface area contributed by atoms with Crippen LogP contribution in [0.25, 0.3) is 0 Å². The van der Waals surface area contributed by atoms with Crippen molar-refractivity contribution in [2.24, 2.45) is 0 Å². The van der Waals surface area contributed by atoms with Gasteiger partial charge in [-0.3, -0.25) is 4.79 Å². The third-order valence-corrected chi connectivity index (χ3v) is 4.74. The summed E-state index contributed by atoms with van der Waals surface area (Å²) in [5.74, 6) is -0.291. The minimum absolute atomic E-state index is 0.280. The standard InChI is InChI=1S/C14H17N3O3S/c1-21(19,20)17-7-3-6-13(17)14(18)16-10-12-5-2-4-11(8-12)9-15/h2,4-5,8,13H,3,6-7,10H2,1H3,(H,16,18). The van der Waals surface area contributed by atoms with Crippen molar-refractivity contribution in [1.29, 1.82) is 5.26 Å². The number of nitriles is 1. The van der Waals surface area contributed by atoms with Gasteiger partial charge in [-0.15, -0.1) is 0 Å². The number of hydrogen-bond acceptors (Lipinski definition) is 4. The fraction of sp³-hybridized carbons (Fsp3) is 0.429. The Bertz CT molecular complexity index is 679. The Kier molecular flexibility index (Phi) is 4.60. The lowest BCUT2D eigenvalue weighted by atomic mass is 10.1. The molecular weight excluding hydrogens is 290 g/mol. The number of carbonyl (C=O) groups is 1. The maximum Gasteiger partial charge on any atom is 0.238 e. The van der Waals surface area contributed by atoms with Crippen LogP contribution in [0.2, 0.25) is 0 Å². The van der Waals surface area contributed by atoms with Crippen LogP contribution in [0, 0.1) is 11.3 Å². The van der Waals surface area contributed by atoms with Crippen LogP contribution in [-0.2, 0) is 21.4 Å². The van der Waals surface area contributed by atoms with Crippen LogP contribution in [0.3, 0.4) is 0 Å². The highest BCUT2D eigenvalue weighted by atomic mass is 32.2. The first-order valence-electron chi connectivity index (χ1n) is 6.65. The van der Waals surface area contributed by atoms with Crippen LogP contribution in [-0.4, -0.2) is 37.5 Å². The number of nitrogens with one attached hydrogen (secondary N) is 1. The number of benzene rings is 1. The molecule has 6 nitrogen and oxygen atoms in total. The predicted molar refractivity (Wildman–Crippen MR) is 77.6 cm³/mol. The second kappa shape index (κ2) is 6.24. The van der Waals surface area contributed by atoms with E-state index in [0.717, 1.165) is 11.8 Å². The second-order valence-electron chi connectivity index (χ2n) is 5.06. The normalized spacial score (nSPS) is 19.1. The topological polar surface area (TPSA) is 90.3 Å². The Hall–Kier alpha value is -1.91. The molecule has 0 spiro atoms. The summed E-state index contributed by atoms with van der Waals surface area (Å²) in [7, 11) is -3.36. The van der Waals surface area contributed by atoms with E-state index in [0.29, 0.717) is 24.9 Å². The minimum atomic E-state index is -3.36. The molecule has 1 heterocycles. The highest BCUT2D eigenvalue weighted by molar-refractivity contribution is 7.88.